The van der Waals surface area contributed by atoms with E-state index in [1.165, 1.54) is 5.56 Å². The molecule has 0 aliphatic carbocycles. The minimum absolute atomic E-state index is 0.0634. The summed E-state index contributed by atoms with van der Waals surface area (Å²) in [6, 6.07) is 18.0. The molecule has 3 heterocycles. The summed E-state index contributed by atoms with van der Waals surface area (Å²) in [5.41, 5.74) is 2.90. The largest absolute Gasteiger partial charge is 0.454 e. The van der Waals surface area contributed by atoms with Crippen LogP contribution < -0.4 is 9.47 Å². The van der Waals surface area contributed by atoms with Crippen molar-refractivity contribution in [1.82, 2.24) is 9.80 Å². The van der Waals surface area contributed by atoms with Crippen LogP contribution in [-0.4, -0.2) is 54.6 Å². The Bertz CT molecular complexity index is 1160. The van der Waals surface area contributed by atoms with Gasteiger partial charge in [-0.15, -0.1) is 0 Å². The minimum atomic E-state index is 0.0634. The van der Waals surface area contributed by atoms with Gasteiger partial charge >= 0.3 is 0 Å². The topological polar surface area (TPSA) is 59.1 Å². The number of fused-ring (bicyclic) bond motifs is 1. The lowest BCUT2D eigenvalue weighted by atomic mass is 9.84. The van der Waals surface area contributed by atoms with Crippen LogP contribution in [-0.2, 0) is 17.6 Å². The van der Waals surface area contributed by atoms with Crippen LogP contribution in [0.2, 0.25) is 0 Å². The van der Waals surface area contributed by atoms with E-state index in [1.807, 2.05) is 70.1 Å². The Hall–Kier alpha value is -3.32. The van der Waals surface area contributed by atoms with Crippen LogP contribution in [0.25, 0.3) is 0 Å². The predicted octanol–water partition coefficient (Wildman–Crippen LogP) is 4.64. The monoisotopic (exact) mass is 490 g/mol. The standard InChI is InChI=1S/C28H30N2O4S/c1-29(28(32)23-11-14-35-18-23)24(15-20-5-3-2-4-6-20)22-9-12-30(13-10-22)27(31)17-21-7-8-25-26(16-21)34-19-33-25/h2-8,11,14,16,18,22,24H,9-10,12-13,15,17,19H2,1H3. The van der Waals surface area contributed by atoms with E-state index in [-0.39, 0.29) is 24.6 Å². The first-order chi connectivity index (χ1) is 17.1. The Kier molecular flexibility index (Phi) is 7.04. The fourth-order valence-corrected chi connectivity index (χ4v) is 5.72. The number of carbonyl (C=O) groups excluding carboxylic acids is 2. The second kappa shape index (κ2) is 10.5. The smallest absolute Gasteiger partial charge is 0.254 e. The Morgan fingerprint density at radius 2 is 1.80 bits per heavy atom. The number of thiophene rings is 1. The van der Waals surface area contributed by atoms with Gasteiger partial charge in [0, 0.05) is 31.6 Å². The summed E-state index contributed by atoms with van der Waals surface area (Å²) in [7, 11) is 1.92. The molecule has 1 atom stereocenters. The molecule has 35 heavy (non-hydrogen) atoms. The van der Waals surface area contributed by atoms with Crippen molar-refractivity contribution in [2.45, 2.75) is 31.7 Å². The Labute approximate surface area is 210 Å². The Balaban J connectivity index is 1.24. The minimum Gasteiger partial charge on any atom is -0.454 e. The highest BCUT2D eigenvalue weighted by Crippen LogP contribution is 2.33. The van der Waals surface area contributed by atoms with Crippen LogP contribution in [0.1, 0.15) is 34.3 Å². The molecule has 0 bridgehead atoms. The van der Waals surface area contributed by atoms with Gasteiger partial charge in [0.1, 0.15) is 0 Å². The molecule has 0 spiro atoms. The third-order valence-electron chi connectivity index (χ3n) is 7.10. The van der Waals surface area contributed by atoms with Crippen LogP contribution in [0.3, 0.4) is 0 Å². The molecule has 6 nitrogen and oxygen atoms in total. The molecular weight excluding hydrogens is 460 g/mol. The number of likely N-dealkylation sites (N-methyl/N-ethyl adjacent to an activating group) is 1. The first kappa shape index (κ1) is 23.4. The maximum atomic E-state index is 13.2. The molecule has 2 amide bonds. The van der Waals surface area contributed by atoms with Gasteiger partial charge < -0.3 is 19.3 Å². The molecule has 5 rings (SSSR count). The summed E-state index contributed by atoms with van der Waals surface area (Å²) in [6.45, 7) is 1.65. The third kappa shape index (κ3) is 5.35. The number of hydrogen-bond acceptors (Lipinski definition) is 5. The molecule has 2 aromatic carbocycles. The lowest BCUT2D eigenvalue weighted by molar-refractivity contribution is -0.132. The highest BCUT2D eigenvalue weighted by Gasteiger charge is 2.33. The second-order valence-electron chi connectivity index (χ2n) is 9.27. The number of carbonyl (C=O) groups is 2. The van der Waals surface area contributed by atoms with Gasteiger partial charge in [-0.25, -0.2) is 0 Å². The van der Waals surface area contributed by atoms with Gasteiger partial charge in [-0.3, -0.25) is 9.59 Å². The zero-order valence-corrected chi connectivity index (χ0v) is 20.7. The van der Waals surface area contributed by atoms with Crippen molar-refractivity contribution in [1.29, 1.82) is 0 Å². The molecule has 7 heteroatoms. The Morgan fingerprint density at radius 3 is 2.54 bits per heavy atom. The van der Waals surface area contributed by atoms with Crippen LogP contribution >= 0.6 is 11.3 Å². The second-order valence-corrected chi connectivity index (χ2v) is 10.0. The number of piperidine rings is 1. The quantitative estimate of drug-likeness (QED) is 0.484. The molecule has 1 saturated heterocycles. The fraction of sp³-hybridized carbons (Fsp3) is 0.357. The average molecular weight is 491 g/mol. The predicted molar refractivity (Wildman–Crippen MR) is 136 cm³/mol. The van der Waals surface area contributed by atoms with E-state index in [4.69, 9.17) is 9.47 Å². The molecular formula is C28H30N2O4S. The summed E-state index contributed by atoms with van der Waals surface area (Å²) in [5, 5.41) is 3.85. The van der Waals surface area contributed by atoms with Crippen LogP contribution in [0, 0.1) is 5.92 Å². The van der Waals surface area contributed by atoms with E-state index < -0.39 is 0 Å². The average Bonchev–Trinajstić information content (AvgIpc) is 3.59. The lowest BCUT2D eigenvalue weighted by Gasteiger charge is -2.40. The maximum absolute atomic E-state index is 13.2. The number of benzene rings is 2. The normalized spacial score (nSPS) is 16.2. The van der Waals surface area contributed by atoms with E-state index in [0.717, 1.165) is 36.1 Å². The zero-order chi connectivity index (χ0) is 24.2. The summed E-state index contributed by atoms with van der Waals surface area (Å²) >= 11 is 1.54. The SMILES string of the molecule is CN(C(=O)c1ccsc1)C(Cc1ccccc1)C1CCN(C(=O)Cc2ccc3c(c2)OCO3)CC1. The van der Waals surface area contributed by atoms with E-state index >= 15 is 0 Å². The zero-order valence-electron chi connectivity index (χ0n) is 19.9. The van der Waals surface area contributed by atoms with Gasteiger partial charge in [0.15, 0.2) is 11.5 Å². The van der Waals surface area contributed by atoms with Crippen molar-refractivity contribution in [3.63, 3.8) is 0 Å². The van der Waals surface area contributed by atoms with Gasteiger partial charge in [0.05, 0.1) is 12.0 Å². The van der Waals surface area contributed by atoms with Crippen molar-refractivity contribution in [2.75, 3.05) is 26.9 Å². The molecule has 2 aliphatic heterocycles. The molecule has 0 radical (unpaired) electrons. The highest BCUT2D eigenvalue weighted by molar-refractivity contribution is 7.08. The molecule has 1 aromatic heterocycles. The van der Waals surface area contributed by atoms with Gasteiger partial charge in [-0.1, -0.05) is 36.4 Å². The molecule has 0 N–H and O–H groups in total. The van der Waals surface area contributed by atoms with E-state index in [1.54, 1.807) is 11.3 Å². The Morgan fingerprint density at radius 1 is 1.03 bits per heavy atom. The number of ether oxygens (including phenoxy) is 2. The number of nitrogens with zero attached hydrogens (tertiary/aromatic N) is 2. The van der Waals surface area contributed by atoms with Crippen molar-refractivity contribution in [3.8, 4) is 11.5 Å². The molecule has 0 saturated carbocycles. The highest BCUT2D eigenvalue weighted by atomic mass is 32.1. The van der Waals surface area contributed by atoms with Crippen molar-refractivity contribution in [2.24, 2.45) is 5.92 Å². The van der Waals surface area contributed by atoms with Crippen molar-refractivity contribution >= 4 is 23.2 Å². The number of amides is 2. The molecule has 1 unspecified atom stereocenters. The van der Waals surface area contributed by atoms with E-state index in [0.29, 0.717) is 31.2 Å². The van der Waals surface area contributed by atoms with Crippen molar-refractivity contribution < 1.29 is 19.1 Å². The van der Waals surface area contributed by atoms with Gasteiger partial charge in [0.2, 0.25) is 12.7 Å². The summed E-state index contributed by atoms with van der Waals surface area (Å²) in [5.74, 6) is 1.96. The first-order valence-electron chi connectivity index (χ1n) is 12.1. The van der Waals surface area contributed by atoms with Gasteiger partial charge in [-0.2, -0.15) is 11.3 Å². The first-order valence-corrected chi connectivity index (χ1v) is 13.0. The van der Waals surface area contributed by atoms with Gasteiger partial charge in [-0.05, 0) is 59.9 Å². The lowest BCUT2D eigenvalue weighted by Crippen LogP contribution is -2.48. The summed E-state index contributed by atoms with van der Waals surface area (Å²) < 4.78 is 10.8. The van der Waals surface area contributed by atoms with E-state index in [9.17, 15) is 9.59 Å². The molecule has 1 fully saturated rings. The maximum Gasteiger partial charge on any atom is 0.254 e. The summed E-state index contributed by atoms with van der Waals surface area (Å²) in [4.78, 5) is 30.1. The number of rotatable bonds is 7. The van der Waals surface area contributed by atoms with Crippen LogP contribution in [0.4, 0.5) is 0 Å². The van der Waals surface area contributed by atoms with Gasteiger partial charge in [0.25, 0.3) is 5.91 Å². The molecule has 2 aliphatic rings. The van der Waals surface area contributed by atoms with Crippen LogP contribution in [0.15, 0.2) is 65.4 Å². The number of hydrogen-bond donors (Lipinski definition) is 0. The third-order valence-corrected chi connectivity index (χ3v) is 7.79. The summed E-state index contributed by atoms with van der Waals surface area (Å²) in [6.07, 6.45) is 2.92. The fourth-order valence-electron chi connectivity index (χ4n) is 5.09. The van der Waals surface area contributed by atoms with Crippen molar-refractivity contribution in [3.05, 3.63) is 82.0 Å². The number of likely N-dealkylation sites (tertiary alicyclic amines) is 1. The molecule has 3 aromatic rings. The van der Waals surface area contributed by atoms with E-state index in [2.05, 4.69) is 12.1 Å². The molecule has 182 valence electrons. The van der Waals surface area contributed by atoms with Crippen LogP contribution in [0.5, 0.6) is 11.5 Å².